The Balaban J connectivity index is 1.63. The Kier molecular flexibility index (Phi) is 5.08. The van der Waals surface area contributed by atoms with Gasteiger partial charge in [0.1, 0.15) is 0 Å². The van der Waals surface area contributed by atoms with E-state index in [4.69, 9.17) is 4.74 Å². The summed E-state index contributed by atoms with van der Waals surface area (Å²) in [7, 11) is 1.91. The summed E-state index contributed by atoms with van der Waals surface area (Å²) in [5.74, 6) is 0.133. The zero-order chi connectivity index (χ0) is 15.4. The molecular formula is C17H25N3O2. The molecule has 2 heterocycles. The van der Waals surface area contributed by atoms with Crippen molar-refractivity contribution in [1.82, 2.24) is 15.1 Å². The molecule has 0 aliphatic carbocycles. The van der Waals surface area contributed by atoms with Gasteiger partial charge in [0, 0.05) is 51.9 Å². The molecule has 1 aromatic rings. The number of likely N-dealkylation sites (N-methyl/N-ethyl adjacent to an activating group) is 1. The van der Waals surface area contributed by atoms with Crippen LogP contribution in [0, 0.1) is 0 Å². The SMILES string of the molecule is CN(CCN1CCNCC1)C(=O)c1cccc2c1CCOC2. The molecule has 2 aliphatic rings. The van der Waals surface area contributed by atoms with Crippen LogP contribution in [-0.4, -0.2) is 68.6 Å². The van der Waals surface area contributed by atoms with Gasteiger partial charge in [-0.25, -0.2) is 0 Å². The van der Waals surface area contributed by atoms with Crippen LogP contribution in [0.5, 0.6) is 0 Å². The van der Waals surface area contributed by atoms with Crippen LogP contribution in [0.25, 0.3) is 0 Å². The van der Waals surface area contributed by atoms with Gasteiger partial charge in [-0.1, -0.05) is 12.1 Å². The van der Waals surface area contributed by atoms with Gasteiger partial charge in [0.25, 0.3) is 5.91 Å². The van der Waals surface area contributed by atoms with E-state index in [-0.39, 0.29) is 5.91 Å². The molecular weight excluding hydrogens is 278 g/mol. The van der Waals surface area contributed by atoms with E-state index in [9.17, 15) is 4.79 Å². The van der Waals surface area contributed by atoms with Crippen LogP contribution in [0.15, 0.2) is 18.2 Å². The van der Waals surface area contributed by atoms with Crippen molar-refractivity contribution in [2.45, 2.75) is 13.0 Å². The van der Waals surface area contributed by atoms with Gasteiger partial charge >= 0.3 is 0 Å². The van der Waals surface area contributed by atoms with E-state index < -0.39 is 0 Å². The number of carbonyl (C=O) groups is 1. The number of nitrogens with one attached hydrogen (secondary N) is 1. The number of benzene rings is 1. The Morgan fingerprint density at radius 2 is 2.18 bits per heavy atom. The third kappa shape index (κ3) is 3.48. The second-order valence-corrected chi connectivity index (χ2v) is 6.06. The minimum absolute atomic E-state index is 0.133. The number of nitrogens with zero attached hydrogens (tertiary/aromatic N) is 2. The number of amides is 1. The van der Waals surface area contributed by atoms with E-state index in [0.717, 1.165) is 56.8 Å². The van der Waals surface area contributed by atoms with Crippen LogP contribution in [0.4, 0.5) is 0 Å². The van der Waals surface area contributed by atoms with Crippen molar-refractivity contribution >= 4 is 5.91 Å². The van der Waals surface area contributed by atoms with Crippen molar-refractivity contribution in [3.05, 3.63) is 34.9 Å². The van der Waals surface area contributed by atoms with Crippen LogP contribution in [0.3, 0.4) is 0 Å². The molecule has 0 saturated carbocycles. The predicted molar refractivity (Wildman–Crippen MR) is 86.1 cm³/mol. The summed E-state index contributed by atoms with van der Waals surface area (Å²) in [6, 6.07) is 5.98. The van der Waals surface area contributed by atoms with Crippen molar-refractivity contribution in [3.63, 3.8) is 0 Å². The summed E-state index contributed by atoms with van der Waals surface area (Å²) in [6.45, 7) is 7.29. The second kappa shape index (κ2) is 7.22. The molecule has 120 valence electrons. The molecule has 0 atom stereocenters. The summed E-state index contributed by atoms with van der Waals surface area (Å²) in [5, 5.41) is 3.35. The number of fused-ring (bicyclic) bond motifs is 1. The van der Waals surface area contributed by atoms with Gasteiger partial charge in [-0.2, -0.15) is 0 Å². The first-order chi connectivity index (χ1) is 10.8. The Morgan fingerprint density at radius 1 is 1.36 bits per heavy atom. The molecule has 0 aromatic heterocycles. The first-order valence-electron chi connectivity index (χ1n) is 8.13. The minimum atomic E-state index is 0.133. The molecule has 1 fully saturated rings. The molecule has 1 saturated heterocycles. The van der Waals surface area contributed by atoms with Crippen LogP contribution < -0.4 is 5.32 Å². The van der Waals surface area contributed by atoms with Crippen LogP contribution in [-0.2, 0) is 17.8 Å². The topological polar surface area (TPSA) is 44.8 Å². The van der Waals surface area contributed by atoms with E-state index in [0.29, 0.717) is 13.2 Å². The number of piperazine rings is 1. The van der Waals surface area contributed by atoms with Crippen molar-refractivity contribution in [1.29, 1.82) is 0 Å². The quantitative estimate of drug-likeness (QED) is 0.891. The minimum Gasteiger partial charge on any atom is -0.376 e. The van der Waals surface area contributed by atoms with E-state index in [1.165, 1.54) is 5.56 Å². The molecule has 1 amide bonds. The highest BCUT2D eigenvalue weighted by molar-refractivity contribution is 5.96. The Labute approximate surface area is 132 Å². The highest BCUT2D eigenvalue weighted by Gasteiger charge is 2.20. The number of carbonyl (C=O) groups excluding carboxylic acids is 1. The van der Waals surface area contributed by atoms with Gasteiger partial charge in [0.05, 0.1) is 13.2 Å². The van der Waals surface area contributed by atoms with Crippen LogP contribution >= 0.6 is 0 Å². The summed E-state index contributed by atoms with van der Waals surface area (Å²) in [6.07, 6.45) is 0.836. The largest absolute Gasteiger partial charge is 0.376 e. The molecule has 3 rings (SSSR count). The molecule has 22 heavy (non-hydrogen) atoms. The fourth-order valence-electron chi connectivity index (χ4n) is 3.16. The maximum Gasteiger partial charge on any atom is 0.253 e. The Morgan fingerprint density at radius 3 is 3.00 bits per heavy atom. The lowest BCUT2D eigenvalue weighted by atomic mass is 9.96. The van der Waals surface area contributed by atoms with Gasteiger partial charge in [0.2, 0.25) is 0 Å². The van der Waals surface area contributed by atoms with E-state index >= 15 is 0 Å². The molecule has 1 aromatic carbocycles. The van der Waals surface area contributed by atoms with Gasteiger partial charge in [-0.15, -0.1) is 0 Å². The summed E-state index contributed by atoms with van der Waals surface area (Å²) >= 11 is 0. The molecule has 0 unspecified atom stereocenters. The summed E-state index contributed by atoms with van der Waals surface area (Å²) < 4.78 is 5.48. The van der Waals surface area contributed by atoms with Gasteiger partial charge in [-0.05, 0) is 23.6 Å². The molecule has 2 aliphatic heterocycles. The molecule has 0 spiro atoms. The van der Waals surface area contributed by atoms with Crippen molar-refractivity contribution in [2.75, 3.05) is 52.9 Å². The van der Waals surface area contributed by atoms with Gasteiger partial charge in [0.15, 0.2) is 0 Å². The summed E-state index contributed by atoms with van der Waals surface area (Å²) in [5.41, 5.74) is 3.18. The maximum absolute atomic E-state index is 12.7. The summed E-state index contributed by atoms with van der Waals surface area (Å²) in [4.78, 5) is 17.0. The van der Waals surface area contributed by atoms with Gasteiger partial charge in [-0.3, -0.25) is 9.69 Å². The van der Waals surface area contributed by atoms with Crippen molar-refractivity contribution < 1.29 is 9.53 Å². The van der Waals surface area contributed by atoms with Crippen molar-refractivity contribution in [2.24, 2.45) is 0 Å². The second-order valence-electron chi connectivity index (χ2n) is 6.06. The third-order valence-electron chi connectivity index (χ3n) is 4.57. The smallest absolute Gasteiger partial charge is 0.253 e. The van der Waals surface area contributed by atoms with Crippen LogP contribution in [0.2, 0.25) is 0 Å². The fraction of sp³-hybridized carbons (Fsp3) is 0.588. The zero-order valence-corrected chi connectivity index (χ0v) is 13.3. The highest BCUT2D eigenvalue weighted by atomic mass is 16.5. The molecule has 1 N–H and O–H groups in total. The number of rotatable bonds is 4. The lowest BCUT2D eigenvalue weighted by molar-refractivity contribution is 0.0767. The van der Waals surface area contributed by atoms with Gasteiger partial charge < -0.3 is 15.0 Å². The zero-order valence-electron chi connectivity index (χ0n) is 13.3. The predicted octanol–water partition coefficient (Wildman–Crippen LogP) is 0.737. The molecule has 5 nitrogen and oxygen atoms in total. The number of hydrogen-bond acceptors (Lipinski definition) is 4. The Hall–Kier alpha value is -1.43. The van der Waals surface area contributed by atoms with E-state index in [1.807, 2.05) is 24.1 Å². The molecule has 0 bridgehead atoms. The normalized spacial score (nSPS) is 18.8. The molecule has 5 heteroatoms. The maximum atomic E-state index is 12.7. The first-order valence-corrected chi connectivity index (χ1v) is 8.13. The fourth-order valence-corrected chi connectivity index (χ4v) is 3.16. The van der Waals surface area contributed by atoms with E-state index in [2.05, 4.69) is 16.3 Å². The highest BCUT2D eigenvalue weighted by Crippen LogP contribution is 2.21. The van der Waals surface area contributed by atoms with E-state index in [1.54, 1.807) is 0 Å². The third-order valence-corrected chi connectivity index (χ3v) is 4.57. The monoisotopic (exact) mass is 303 g/mol. The molecule has 0 radical (unpaired) electrons. The van der Waals surface area contributed by atoms with Crippen LogP contribution in [0.1, 0.15) is 21.5 Å². The first kappa shape index (κ1) is 15.5. The lowest BCUT2D eigenvalue weighted by Crippen LogP contribution is -2.46. The lowest BCUT2D eigenvalue weighted by Gasteiger charge is -2.29. The average molecular weight is 303 g/mol. The Bertz CT molecular complexity index is 527. The number of hydrogen-bond donors (Lipinski definition) is 1. The van der Waals surface area contributed by atoms with Crippen molar-refractivity contribution in [3.8, 4) is 0 Å². The average Bonchev–Trinajstić information content (AvgIpc) is 2.59. The number of ether oxygens (including phenoxy) is 1. The standard InChI is InChI=1S/C17H25N3O2/c1-19(10-11-20-8-6-18-7-9-20)17(21)16-4-2-3-14-13-22-12-5-15(14)16/h2-4,18H,5-13H2,1H3.